The van der Waals surface area contributed by atoms with E-state index in [-0.39, 0.29) is 19.1 Å². The van der Waals surface area contributed by atoms with Crippen LogP contribution in [0.15, 0.2) is 24.3 Å². The van der Waals surface area contributed by atoms with E-state index in [1.54, 1.807) is 0 Å². The van der Waals surface area contributed by atoms with Crippen molar-refractivity contribution in [2.75, 3.05) is 13.2 Å². The van der Waals surface area contributed by atoms with Gasteiger partial charge in [0.15, 0.2) is 0 Å². The van der Waals surface area contributed by atoms with Gasteiger partial charge in [-0.1, -0.05) is 29.8 Å². The fourth-order valence-corrected chi connectivity index (χ4v) is 2.01. The van der Waals surface area contributed by atoms with Crippen LogP contribution in [0, 0.1) is 17.0 Å². The first kappa shape index (κ1) is 12.0. The van der Waals surface area contributed by atoms with Crippen LogP contribution in [-0.2, 0) is 4.74 Å². The number of hydrogen-bond acceptors (Lipinski definition) is 4. The first-order valence-electron chi connectivity index (χ1n) is 5.51. The van der Waals surface area contributed by atoms with Gasteiger partial charge in [0, 0.05) is 4.92 Å². The van der Waals surface area contributed by atoms with Gasteiger partial charge in [-0.15, -0.1) is 0 Å². The summed E-state index contributed by atoms with van der Waals surface area (Å²) >= 11 is 0. The summed E-state index contributed by atoms with van der Waals surface area (Å²) in [5.74, 6) is 0. The largest absolute Gasteiger partial charge is 0.389 e. The molecule has 1 fully saturated rings. The number of hydrogen-bond donors (Lipinski definition) is 1. The molecule has 5 heteroatoms. The molecule has 1 saturated heterocycles. The topological polar surface area (TPSA) is 72.6 Å². The first-order valence-corrected chi connectivity index (χ1v) is 5.51. The van der Waals surface area contributed by atoms with Crippen molar-refractivity contribution in [3.8, 4) is 0 Å². The van der Waals surface area contributed by atoms with Crippen LogP contribution in [0.5, 0.6) is 0 Å². The van der Waals surface area contributed by atoms with Crippen molar-refractivity contribution < 1.29 is 14.8 Å². The van der Waals surface area contributed by atoms with Gasteiger partial charge in [-0.25, -0.2) is 0 Å². The molecule has 0 aromatic heterocycles. The molecule has 0 amide bonds. The molecular weight excluding hydrogens is 222 g/mol. The second-order valence-corrected chi connectivity index (χ2v) is 4.55. The quantitative estimate of drug-likeness (QED) is 0.638. The fraction of sp³-hybridized carbons (Fsp3) is 0.500. The molecule has 2 atom stereocenters. The first-order chi connectivity index (χ1) is 8.07. The van der Waals surface area contributed by atoms with E-state index in [2.05, 4.69) is 0 Å². The highest BCUT2D eigenvalue weighted by atomic mass is 16.6. The smallest absolute Gasteiger partial charge is 0.270 e. The van der Waals surface area contributed by atoms with Crippen molar-refractivity contribution in [1.82, 2.24) is 0 Å². The van der Waals surface area contributed by atoms with Crippen molar-refractivity contribution in [1.29, 1.82) is 0 Å². The summed E-state index contributed by atoms with van der Waals surface area (Å²) in [6.45, 7) is 1.46. The lowest BCUT2D eigenvalue weighted by Crippen LogP contribution is -2.42. The number of aliphatic hydroxyl groups excluding tert-OH is 1. The van der Waals surface area contributed by atoms with E-state index in [1.807, 2.05) is 31.2 Å². The summed E-state index contributed by atoms with van der Waals surface area (Å²) < 4.78 is 5.45. The lowest BCUT2D eigenvalue weighted by atomic mass is 9.94. The van der Waals surface area contributed by atoms with Crippen LogP contribution in [0.1, 0.15) is 23.7 Å². The maximum atomic E-state index is 11.0. The SMILES string of the molecule is Cc1ccc(C2CC(CO)([N+](=O)[O-])CO2)cc1. The predicted octanol–water partition coefficient (Wildman–Crippen LogP) is 1.46. The molecule has 1 aromatic rings. The standard InChI is InChI=1S/C12H15NO4/c1-9-2-4-10(5-3-9)11-6-12(7-14,8-17-11)13(15)16/h2-5,11,14H,6-8H2,1H3. The van der Waals surface area contributed by atoms with Crippen molar-refractivity contribution in [2.45, 2.75) is 25.0 Å². The molecule has 1 aromatic carbocycles. The van der Waals surface area contributed by atoms with Crippen LogP contribution >= 0.6 is 0 Å². The number of nitrogens with zero attached hydrogens (tertiary/aromatic N) is 1. The van der Waals surface area contributed by atoms with Crippen LogP contribution in [0.3, 0.4) is 0 Å². The minimum absolute atomic E-state index is 0.0327. The Labute approximate surface area is 99.2 Å². The molecule has 5 nitrogen and oxygen atoms in total. The van der Waals surface area contributed by atoms with E-state index in [0.717, 1.165) is 11.1 Å². The zero-order chi connectivity index (χ0) is 12.5. The maximum absolute atomic E-state index is 11.0. The highest BCUT2D eigenvalue weighted by molar-refractivity contribution is 5.24. The van der Waals surface area contributed by atoms with Crippen LogP contribution in [-0.4, -0.2) is 28.8 Å². The van der Waals surface area contributed by atoms with E-state index >= 15 is 0 Å². The van der Waals surface area contributed by atoms with Crippen LogP contribution < -0.4 is 0 Å². The molecule has 2 rings (SSSR count). The van der Waals surface area contributed by atoms with Crippen LogP contribution in [0.25, 0.3) is 0 Å². The van der Waals surface area contributed by atoms with Gasteiger partial charge in [-0.3, -0.25) is 10.1 Å². The Morgan fingerprint density at radius 2 is 2.18 bits per heavy atom. The number of aliphatic hydroxyl groups is 1. The van der Waals surface area contributed by atoms with Gasteiger partial charge < -0.3 is 9.84 Å². The van der Waals surface area contributed by atoms with Crippen molar-refractivity contribution >= 4 is 0 Å². The van der Waals surface area contributed by atoms with Gasteiger partial charge in [0.1, 0.15) is 13.2 Å². The predicted molar refractivity (Wildman–Crippen MR) is 61.3 cm³/mol. The number of ether oxygens (including phenoxy) is 1. The Morgan fingerprint density at radius 1 is 1.53 bits per heavy atom. The summed E-state index contributed by atoms with van der Waals surface area (Å²) in [6.07, 6.45) is -0.0762. The minimum atomic E-state index is -1.34. The molecule has 1 N–H and O–H groups in total. The molecule has 0 aliphatic carbocycles. The second kappa shape index (κ2) is 4.43. The zero-order valence-electron chi connectivity index (χ0n) is 9.63. The van der Waals surface area contributed by atoms with E-state index < -0.39 is 17.1 Å². The Hall–Kier alpha value is -1.46. The highest BCUT2D eigenvalue weighted by Gasteiger charge is 2.50. The molecule has 17 heavy (non-hydrogen) atoms. The molecule has 0 radical (unpaired) electrons. The van der Waals surface area contributed by atoms with Crippen LogP contribution in [0.4, 0.5) is 0 Å². The van der Waals surface area contributed by atoms with Gasteiger partial charge >= 0.3 is 0 Å². The molecule has 0 bridgehead atoms. The van der Waals surface area contributed by atoms with E-state index in [9.17, 15) is 15.2 Å². The van der Waals surface area contributed by atoms with Gasteiger partial charge in [0.25, 0.3) is 5.54 Å². The number of benzene rings is 1. The fourth-order valence-electron chi connectivity index (χ4n) is 2.01. The summed E-state index contributed by atoms with van der Waals surface area (Å²) in [7, 11) is 0. The average molecular weight is 237 g/mol. The summed E-state index contributed by atoms with van der Waals surface area (Å²) in [6, 6.07) is 7.72. The van der Waals surface area contributed by atoms with E-state index in [0.29, 0.717) is 0 Å². The number of rotatable bonds is 3. The Balaban J connectivity index is 2.17. The molecule has 0 saturated carbocycles. The zero-order valence-corrected chi connectivity index (χ0v) is 9.63. The molecule has 0 spiro atoms. The van der Waals surface area contributed by atoms with Crippen molar-refractivity contribution in [2.24, 2.45) is 0 Å². The lowest BCUT2D eigenvalue weighted by molar-refractivity contribution is -0.570. The van der Waals surface area contributed by atoms with Crippen molar-refractivity contribution in [3.63, 3.8) is 0 Å². The van der Waals surface area contributed by atoms with E-state index in [4.69, 9.17) is 4.74 Å². The average Bonchev–Trinajstić information content (AvgIpc) is 2.75. The molecule has 1 aliphatic heterocycles. The molecule has 1 aliphatic rings. The highest BCUT2D eigenvalue weighted by Crippen LogP contribution is 2.36. The van der Waals surface area contributed by atoms with Crippen molar-refractivity contribution in [3.05, 3.63) is 45.5 Å². The Kier molecular flexibility index (Phi) is 3.13. The normalized spacial score (nSPS) is 28.2. The third kappa shape index (κ3) is 2.16. The summed E-state index contributed by atoms with van der Waals surface area (Å²) in [5, 5.41) is 20.1. The number of aryl methyl sites for hydroxylation is 1. The lowest BCUT2D eigenvalue weighted by Gasteiger charge is -2.15. The molecule has 1 heterocycles. The van der Waals surface area contributed by atoms with Gasteiger partial charge in [0.2, 0.25) is 0 Å². The summed E-state index contributed by atoms with van der Waals surface area (Å²) in [5.41, 5.74) is 0.720. The molecule has 92 valence electrons. The Morgan fingerprint density at radius 3 is 2.65 bits per heavy atom. The van der Waals surface area contributed by atoms with Gasteiger partial charge in [-0.05, 0) is 12.5 Å². The minimum Gasteiger partial charge on any atom is -0.389 e. The molecule has 2 unspecified atom stereocenters. The van der Waals surface area contributed by atoms with Gasteiger partial charge in [-0.2, -0.15) is 0 Å². The van der Waals surface area contributed by atoms with Crippen LogP contribution in [0.2, 0.25) is 0 Å². The maximum Gasteiger partial charge on any atom is 0.270 e. The van der Waals surface area contributed by atoms with Gasteiger partial charge in [0.05, 0.1) is 12.5 Å². The number of nitro groups is 1. The monoisotopic (exact) mass is 237 g/mol. The molecular formula is C12H15NO4. The third-order valence-corrected chi connectivity index (χ3v) is 3.25. The third-order valence-electron chi connectivity index (χ3n) is 3.25. The summed E-state index contributed by atoms with van der Waals surface area (Å²) in [4.78, 5) is 10.5. The Bertz CT molecular complexity index is 417. The second-order valence-electron chi connectivity index (χ2n) is 4.55. The van der Waals surface area contributed by atoms with E-state index in [1.165, 1.54) is 0 Å².